The van der Waals surface area contributed by atoms with Crippen molar-refractivity contribution in [1.82, 2.24) is 0 Å². The molecule has 80 valence electrons. The molecule has 0 aliphatic heterocycles. The lowest BCUT2D eigenvalue weighted by Gasteiger charge is -2.07. The summed E-state index contributed by atoms with van der Waals surface area (Å²) >= 11 is 6.00. The molecule has 0 spiro atoms. The minimum atomic E-state index is 0.487. The molecule has 0 bridgehead atoms. The summed E-state index contributed by atoms with van der Waals surface area (Å²) < 4.78 is 5.46. The van der Waals surface area contributed by atoms with Crippen molar-refractivity contribution in [2.24, 2.45) is 5.73 Å². The van der Waals surface area contributed by atoms with Crippen molar-refractivity contribution in [3.8, 4) is 17.6 Å². The zero-order valence-corrected chi connectivity index (χ0v) is 9.47. The van der Waals surface area contributed by atoms with Crippen LogP contribution in [0.5, 0.6) is 5.75 Å². The summed E-state index contributed by atoms with van der Waals surface area (Å²) in [5, 5.41) is 0.599. The molecular formula is C12H14ClNO. The van der Waals surface area contributed by atoms with Crippen molar-refractivity contribution in [2.75, 3.05) is 6.61 Å². The van der Waals surface area contributed by atoms with Gasteiger partial charge in [-0.15, -0.1) is 11.8 Å². The highest BCUT2D eigenvalue weighted by molar-refractivity contribution is 6.32. The largest absolute Gasteiger partial charge is 0.491 e. The lowest BCUT2D eigenvalue weighted by Crippen LogP contribution is -1.99. The average Bonchev–Trinajstić information content (AvgIpc) is 2.26. The minimum Gasteiger partial charge on any atom is -0.491 e. The Morgan fingerprint density at radius 1 is 1.47 bits per heavy atom. The fourth-order valence-corrected chi connectivity index (χ4v) is 1.38. The van der Waals surface area contributed by atoms with E-state index < -0.39 is 0 Å². The Bertz CT molecular complexity index is 379. The van der Waals surface area contributed by atoms with Gasteiger partial charge in [-0.25, -0.2) is 0 Å². The van der Waals surface area contributed by atoms with Gasteiger partial charge in [0.25, 0.3) is 0 Å². The SMILES string of the molecule is CC#CCCOc1ccc(CN)cc1Cl. The highest BCUT2D eigenvalue weighted by Crippen LogP contribution is 2.25. The molecular weight excluding hydrogens is 210 g/mol. The summed E-state index contributed by atoms with van der Waals surface area (Å²) in [5.41, 5.74) is 6.49. The molecule has 0 aromatic heterocycles. The Kier molecular flexibility index (Phi) is 5.03. The van der Waals surface area contributed by atoms with Crippen molar-refractivity contribution in [2.45, 2.75) is 19.9 Å². The summed E-state index contributed by atoms with van der Waals surface area (Å²) in [7, 11) is 0. The molecule has 0 amide bonds. The molecule has 0 unspecified atom stereocenters. The fraction of sp³-hybridized carbons (Fsp3) is 0.333. The molecule has 0 radical (unpaired) electrons. The second kappa shape index (κ2) is 6.34. The second-order valence-corrected chi connectivity index (χ2v) is 3.40. The van der Waals surface area contributed by atoms with E-state index >= 15 is 0 Å². The van der Waals surface area contributed by atoms with Gasteiger partial charge in [-0.2, -0.15) is 0 Å². The van der Waals surface area contributed by atoms with Crippen molar-refractivity contribution in [3.05, 3.63) is 28.8 Å². The molecule has 3 heteroatoms. The molecule has 2 N–H and O–H groups in total. The van der Waals surface area contributed by atoms with E-state index in [2.05, 4.69) is 11.8 Å². The molecule has 0 saturated carbocycles. The summed E-state index contributed by atoms with van der Waals surface area (Å²) in [6.07, 6.45) is 0.714. The van der Waals surface area contributed by atoms with Crippen LogP contribution in [0.15, 0.2) is 18.2 Å². The van der Waals surface area contributed by atoms with Crippen LogP contribution in [0.1, 0.15) is 18.9 Å². The van der Waals surface area contributed by atoms with Gasteiger partial charge >= 0.3 is 0 Å². The molecule has 0 atom stereocenters. The van der Waals surface area contributed by atoms with Crippen LogP contribution in [0, 0.1) is 11.8 Å². The van der Waals surface area contributed by atoms with Crippen molar-refractivity contribution >= 4 is 11.6 Å². The first-order valence-electron chi connectivity index (χ1n) is 4.79. The van der Waals surface area contributed by atoms with Crippen LogP contribution in [0.25, 0.3) is 0 Å². The zero-order valence-electron chi connectivity index (χ0n) is 8.72. The third kappa shape index (κ3) is 3.83. The van der Waals surface area contributed by atoms with Crippen LogP contribution in [0.2, 0.25) is 5.02 Å². The van der Waals surface area contributed by atoms with Gasteiger partial charge in [0.05, 0.1) is 11.6 Å². The smallest absolute Gasteiger partial charge is 0.137 e. The van der Waals surface area contributed by atoms with E-state index in [4.69, 9.17) is 22.1 Å². The van der Waals surface area contributed by atoms with Gasteiger partial charge in [0, 0.05) is 13.0 Å². The lowest BCUT2D eigenvalue weighted by molar-refractivity contribution is 0.327. The molecule has 0 aliphatic rings. The minimum absolute atomic E-state index is 0.487. The summed E-state index contributed by atoms with van der Waals surface area (Å²) in [4.78, 5) is 0. The Labute approximate surface area is 95.4 Å². The molecule has 0 saturated heterocycles. The normalized spacial score (nSPS) is 9.27. The molecule has 0 aliphatic carbocycles. The first-order chi connectivity index (χ1) is 7.27. The molecule has 1 aromatic rings. The number of benzene rings is 1. The molecule has 0 heterocycles. The van der Waals surface area contributed by atoms with E-state index in [0.29, 0.717) is 30.3 Å². The van der Waals surface area contributed by atoms with Gasteiger partial charge in [-0.3, -0.25) is 0 Å². The molecule has 15 heavy (non-hydrogen) atoms. The monoisotopic (exact) mass is 223 g/mol. The maximum atomic E-state index is 6.00. The number of nitrogens with two attached hydrogens (primary N) is 1. The lowest BCUT2D eigenvalue weighted by atomic mass is 10.2. The molecule has 1 rings (SSSR count). The van der Waals surface area contributed by atoms with Crippen LogP contribution >= 0.6 is 11.6 Å². The first-order valence-corrected chi connectivity index (χ1v) is 5.16. The van der Waals surface area contributed by atoms with Crippen LogP contribution in [-0.4, -0.2) is 6.61 Å². The van der Waals surface area contributed by atoms with E-state index in [1.165, 1.54) is 0 Å². The van der Waals surface area contributed by atoms with Gasteiger partial charge in [0.1, 0.15) is 5.75 Å². The Morgan fingerprint density at radius 2 is 2.27 bits per heavy atom. The standard InChI is InChI=1S/C12H14ClNO/c1-2-3-4-7-15-12-6-5-10(9-14)8-11(12)13/h5-6,8H,4,7,9,14H2,1H3. The number of hydrogen-bond donors (Lipinski definition) is 1. The average molecular weight is 224 g/mol. The summed E-state index contributed by atoms with van der Waals surface area (Å²) in [6.45, 7) is 2.85. The predicted octanol–water partition coefficient (Wildman–Crippen LogP) is 2.59. The quantitative estimate of drug-likeness (QED) is 0.629. The highest BCUT2D eigenvalue weighted by atomic mass is 35.5. The number of halogens is 1. The van der Waals surface area contributed by atoms with Gasteiger partial charge in [0.2, 0.25) is 0 Å². The third-order valence-corrected chi connectivity index (χ3v) is 2.19. The molecule has 1 aromatic carbocycles. The Balaban J connectivity index is 2.56. The number of rotatable bonds is 4. The summed E-state index contributed by atoms with van der Waals surface area (Å²) in [6, 6.07) is 5.57. The molecule has 2 nitrogen and oxygen atoms in total. The Morgan fingerprint density at radius 3 is 2.87 bits per heavy atom. The zero-order chi connectivity index (χ0) is 11.1. The van der Waals surface area contributed by atoms with Crippen LogP contribution < -0.4 is 10.5 Å². The first kappa shape index (κ1) is 11.9. The molecule has 0 fully saturated rings. The fourth-order valence-electron chi connectivity index (χ4n) is 1.13. The van der Waals surface area contributed by atoms with E-state index in [1.54, 1.807) is 0 Å². The van der Waals surface area contributed by atoms with Crippen LogP contribution in [-0.2, 0) is 6.54 Å². The van der Waals surface area contributed by atoms with Crippen molar-refractivity contribution < 1.29 is 4.74 Å². The van der Waals surface area contributed by atoms with E-state index in [9.17, 15) is 0 Å². The van der Waals surface area contributed by atoms with Gasteiger partial charge in [0.15, 0.2) is 0 Å². The van der Waals surface area contributed by atoms with E-state index in [0.717, 1.165) is 5.56 Å². The van der Waals surface area contributed by atoms with E-state index in [1.807, 2.05) is 25.1 Å². The Hall–Kier alpha value is -1.17. The second-order valence-electron chi connectivity index (χ2n) is 2.99. The van der Waals surface area contributed by atoms with E-state index in [-0.39, 0.29) is 0 Å². The van der Waals surface area contributed by atoms with Crippen LogP contribution in [0.4, 0.5) is 0 Å². The van der Waals surface area contributed by atoms with Crippen LogP contribution in [0.3, 0.4) is 0 Å². The maximum Gasteiger partial charge on any atom is 0.137 e. The van der Waals surface area contributed by atoms with Crippen molar-refractivity contribution in [3.63, 3.8) is 0 Å². The number of ether oxygens (including phenoxy) is 1. The van der Waals surface area contributed by atoms with Gasteiger partial charge in [-0.05, 0) is 24.6 Å². The topological polar surface area (TPSA) is 35.2 Å². The highest BCUT2D eigenvalue weighted by Gasteiger charge is 2.01. The predicted molar refractivity (Wildman–Crippen MR) is 62.9 cm³/mol. The van der Waals surface area contributed by atoms with Gasteiger partial charge in [-0.1, -0.05) is 17.7 Å². The van der Waals surface area contributed by atoms with Gasteiger partial charge < -0.3 is 10.5 Å². The maximum absolute atomic E-state index is 6.00. The van der Waals surface area contributed by atoms with Crippen molar-refractivity contribution in [1.29, 1.82) is 0 Å². The number of hydrogen-bond acceptors (Lipinski definition) is 2. The third-order valence-electron chi connectivity index (χ3n) is 1.89. The summed E-state index contributed by atoms with van der Waals surface area (Å²) in [5.74, 6) is 6.42.